The Bertz CT molecular complexity index is 55.7. The topological polar surface area (TPSA) is 44.3 Å². The fourth-order valence-electron chi connectivity index (χ4n) is 0.207. The zero-order valence-electron chi connectivity index (χ0n) is 4.31. The van der Waals surface area contributed by atoms with E-state index in [4.69, 9.17) is 5.11 Å². The molecule has 3 heteroatoms. The predicted octanol–water partition coefficient (Wildman–Crippen LogP) is -0.785. The molecule has 0 aromatic heterocycles. The van der Waals surface area contributed by atoms with Crippen molar-refractivity contribution in [1.82, 2.24) is 10.9 Å². The van der Waals surface area contributed by atoms with E-state index in [2.05, 4.69) is 17.4 Å². The first-order valence-corrected chi connectivity index (χ1v) is 2.04. The molecule has 1 atom stereocenters. The summed E-state index contributed by atoms with van der Waals surface area (Å²) in [6, 6.07) is 0. The molecule has 1 unspecified atom stereocenters. The van der Waals surface area contributed by atoms with Crippen molar-refractivity contribution in [3.8, 4) is 0 Å². The van der Waals surface area contributed by atoms with E-state index in [1.807, 2.05) is 0 Å². The number of nitrogens with one attached hydrogen (secondary N) is 2. The average Bonchev–Trinajstić information content (AvgIpc) is 1.68. The summed E-state index contributed by atoms with van der Waals surface area (Å²) < 4.78 is 0. The standard InChI is InChI=1S/C4H10N2O/c1-3-4(7)6-5-2/h3-7H,1H2,2H3. The van der Waals surface area contributed by atoms with Gasteiger partial charge in [-0.3, -0.25) is 5.43 Å². The van der Waals surface area contributed by atoms with E-state index in [9.17, 15) is 0 Å². The Balaban J connectivity index is 2.98. The van der Waals surface area contributed by atoms with Gasteiger partial charge in [0.15, 0.2) is 0 Å². The van der Waals surface area contributed by atoms with Crippen LogP contribution in [-0.2, 0) is 0 Å². The minimum atomic E-state index is -0.648. The minimum Gasteiger partial charge on any atom is -0.374 e. The maximum Gasteiger partial charge on any atom is 0.136 e. The van der Waals surface area contributed by atoms with Gasteiger partial charge in [-0.15, -0.1) is 0 Å². The Morgan fingerprint density at radius 1 is 1.86 bits per heavy atom. The van der Waals surface area contributed by atoms with E-state index in [0.717, 1.165) is 0 Å². The lowest BCUT2D eigenvalue weighted by Gasteiger charge is -2.03. The van der Waals surface area contributed by atoms with E-state index in [0.29, 0.717) is 0 Å². The largest absolute Gasteiger partial charge is 0.374 e. The number of aliphatic hydroxyl groups excluding tert-OH is 1. The molecule has 0 aromatic carbocycles. The minimum absolute atomic E-state index is 0.648. The lowest BCUT2D eigenvalue weighted by atomic mass is 10.6. The van der Waals surface area contributed by atoms with Gasteiger partial charge in [0.05, 0.1) is 0 Å². The van der Waals surface area contributed by atoms with E-state index in [-0.39, 0.29) is 0 Å². The summed E-state index contributed by atoms with van der Waals surface area (Å²) in [5.41, 5.74) is 5.03. The van der Waals surface area contributed by atoms with Gasteiger partial charge in [0.1, 0.15) is 6.23 Å². The van der Waals surface area contributed by atoms with Crippen LogP contribution in [0.15, 0.2) is 12.7 Å². The Morgan fingerprint density at radius 3 is 2.57 bits per heavy atom. The molecule has 0 aromatic rings. The Kier molecular flexibility index (Phi) is 3.59. The molecule has 0 aliphatic carbocycles. The number of rotatable bonds is 3. The van der Waals surface area contributed by atoms with Crippen molar-refractivity contribution < 1.29 is 5.11 Å². The fraction of sp³-hybridized carbons (Fsp3) is 0.500. The molecule has 0 heterocycles. The van der Waals surface area contributed by atoms with Crippen molar-refractivity contribution in [2.45, 2.75) is 6.23 Å². The fourth-order valence-corrected chi connectivity index (χ4v) is 0.207. The molecule has 7 heavy (non-hydrogen) atoms. The van der Waals surface area contributed by atoms with E-state index in [1.165, 1.54) is 6.08 Å². The second-order valence-corrected chi connectivity index (χ2v) is 1.07. The van der Waals surface area contributed by atoms with Gasteiger partial charge in [-0.25, -0.2) is 5.43 Å². The van der Waals surface area contributed by atoms with Gasteiger partial charge in [0, 0.05) is 0 Å². The molecule has 0 aliphatic heterocycles. The van der Waals surface area contributed by atoms with Gasteiger partial charge in [-0.2, -0.15) is 0 Å². The van der Waals surface area contributed by atoms with Crippen LogP contribution in [0.2, 0.25) is 0 Å². The quantitative estimate of drug-likeness (QED) is 0.249. The summed E-state index contributed by atoms with van der Waals surface area (Å²) in [6.45, 7) is 3.33. The van der Waals surface area contributed by atoms with Gasteiger partial charge in [-0.1, -0.05) is 6.58 Å². The van der Waals surface area contributed by atoms with Crippen LogP contribution in [0.25, 0.3) is 0 Å². The molecule has 0 saturated carbocycles. The molecule has 0 bridgehead atoms. The van der Waals surface area contributed by atoms with Crippen LogP contribution in [0, 0.1) is 0 Å². The monoisotopic (exact) mass is 102 g/mol. The highest BCUT2D eigenvalue weighted by Gasteiger charge is 1.87. The third-order valence-corrected chi connectivity index (χ3v) is 0.515. The van der Waals surface area contributed by atoms with Crippen LogP contribution in [0.5, 0.6) is 0 Å². The predicted molar refractivity (Wildman–Crippen MR) is 28.4 cm³/mol. The van der Waals surface area contributed by atoms with Gasteiger partial charge < -0.3 is 5.11 Å². The summed E-state index contributed by atoms with van der Waals surface area (Å²) >= 11 is 0. The summed E-state index contributed by atoms with van der Waals surface area (Å²) in [5, 5.41) is 8.57. The first-order chi connectivity index (χ1) is 3.31. The van der Waals surface area contributed by atoms with Crippen LogP contribution in [-0.4, -0.2) is 18.4 Å². The van der Waals surface area contributed by atoms with Crippen molar-refractivity contribution in [3.05, 3.63) is 12.7 Å². The summed E-state index contributed by atoms with van der Waals surface area (Å²) in [5.74, 6) is 0. The maximum atomic E-state index is 8.57. The van der Waals surface area contributed by atoms with Crippen molar-refractivity contribution in [2.24, 2.45) is 0 Å². The smallest absolute Gasteiger partial charge is 0.136 e. The second-order valence-electron chi connectivity index (χ2n) is 1.07. The summed E-state index contributed by atoms with van der Waals surface area (Å²) in [7, 11) is 1.67. The van der Waals surface area contributed by atoms with Crippen molar-refractivity contribution >= 4 is 0 Å². The van der Waals surface area contributed by atoms with E-state index in [1.54, 1.807) is 7.05 Å². The zero-order valence-corrected chi connectivity index (χ0v) is 4.31. The molecule has 0 spiro atoms. The van der Waals surface area contributed by atoms with E-state index < -0.39 is 6.23 Å². The lowest BCUT2D eigenvalue weighted by molar-refractivity contribution is 0.170. The van der Waals surface area contributed by atoms with Crippen LogP contribution in [0.1, 0.15) is 0 Å². The molecular weight excluding hydrogens is 92.1 g/mol. The van der Waals surface area contributed by atoms with Crippen LogP contribution in [0.4, 0.5) is 0 Å². The molecule has 3 nitrogen and oxygen atoms in total. The van der Waals surface area contributed by atoms with Crippen LogP contribution >= 0.6 is 0 Å². The highest BCUT2D eigenvalue weighted by atomic mass is 16.3. The number of hydrogen-bond donors (Lipinski definition) is 3. The lowest BCUT2D eigenvalue weighted by Crippen LogP contribution is -2.36. The molecule has 0 radical (unpaired) electrons. The van der Waals surface area contributed by atoms with Crippen LogP contribution < -0.4 is 10.9 Å². The summed E-state index contributed by atoms with van der Waals surface area (Å²) in [4.78, 5) is 0. The number of hydrogen-bond acceptors (Lipinski definition) is 3. The van der Waals surface area contributed by atoms with Gasteiger partial charge >= 0.3 is 0 Å². The SMILES string of the molecule is C=CC(O)NNC. The molecule has 0 rings (SSSR count). The molecular formula is C4H10N2O. The Hall–Kier alpha value is -0.380. The second kappa shape index (κ2) is 3.80. The average molecular weight is 102 g/mol. The zero-order chi connectivity index (χ0) is 5.70. The van der Waals surface area contributed by atoms with Crippen molar-refractivity contribution in [2.75, 3.05) is 7.05 Å². The number of hydrazine groups is 1. The molecule has 0 saturated heterocycles. The molecule has 0 fully saturated rings. The molecule has 0 amide bonds. The van der Waals surface area contributed by atoms with Gasteiger partial charge in [0.25, 0.3) is 0 Å². The van der Waals surface area contributed by atoms with Crippen molar-refractivity contribution in [3.63, 3.8) is 0 Å². The molecule has 3 N–H and O–H groups in total. The maximum absolute atomic E-state index is 8.57. The third-order valence-electron chi connectivity index (χ3n) is 0.515. The molecule has 42 valence electrons. The highest BCUT2D eigenvalue weighted by Crippen LogP contribution is 1.68. The number of aliphatic hydroxyl groups is 1. The van der Waals surface area contributed by atoms with E-state index >= 15 is 0 Å². The first-order valence-electron chi connectivity index (χ1n) is 2.04. The third kappa shape index (κ3) is 3.45. The summed E-state index contributed by atoms with van der Waals surface area (Å²) in [6.07, 6.45) is 0.737. The Labute approximate surface area is 43.0 Å². The normalized spacial score (nSPS) is 13.4. The van der Waals surface area contributed by atoms with Crippen LogP contribution in [0.3, 0.4) is 0 Å². The van der Waals surface area contributed by atoms with Gasteiger partial charge in [-0.05, 0) is 13.1 Å². The highest BCUT2D eigenvalue weighted by molar-refractivity contribution is 4.73. The van der Waals surface area contributed by atoms with Crippen molar-refractivity contribution in [1.29, 1.82) is 0 Å². The first kappa shape index (κ1) is 6.62. The van der Waals surface area contributed by atoms with Gasteiger partial charge in [0.2, 0.25) is 0 Å². The Morgan fingerprint density at radius 2 is 2.43 bits per heavy atom. The molecule has 0 aliphatic rings.